The van der Waals surface area contributed by atoms with E-state index in [4.69, 9.17) is 4.98 Å². The molecule has 0 saturated carbocycles. The van der Waals surface area contributed by atoms with Crippen LogP contribution in [0, 0.1) is 13.8 Å². The molecule has 0 bridgehead atoms. The van der Waals surface area contributed by atoms with Gasteiger partial charge in [-0.15, -0.1) is 0 Å². The number of benzene rings is 5. The van der Waals surface area contributed by atoms with Gasteiger partial charge in [-0.25, -0.2) is 4.98 Å². The van der Waals surface area contributed by atoms with E-state index >= 15 is 0 Å². The van der Waals surface area contributed by atoms with Gasteiger partial charge in [0.1, 0.15) is 5.65 Å². The second-order valence-electron chi connectivity index (χ2n) is 9.28. The number of nitrogens with zero attached hydrogens (tertiary/aromatic N) is 2. The summed E-state index contributed by atoms with van der Waals surface area (Å²) in [5.74, 6) is 0. The van der Waals surface area contributed by atoms with Crippen LogP contribution in [-0.2, 0) is 0 Å². The lowest BCUT2D eigenvalue weighted by atomic mass is 9.35. The van der Waals surface area contributed by atoms with Crippen LogP contribution in [0.3, 0.4) is 0 Å². The summed E-state index contributed by atoms with van der Waals surface area (Å²) in [5, 5.41) is 6.53. The maximum absolute atomic E-state index is 5.24. The van der Waals surface area contributed by atoms with E-state index in [1.54, 1.807) is 0 Å². The van der Waals surface area contributed by atoms with Gasteiger partial charge in [-0.1, -0.05) is 84.3 Å². The number of aryl methyl sites for hydroxylation is 2. The summed E-state index contributed by atoms with van der Waals surface area (Å²) in [7, 11) is 0. The highest BCUT2D eigenvalue weighted by Crippen LogP contribution is 2.37. The maximum Gasteiger partial charge on any atom is 0.247 e. The summed E-state index contributed by atoms with van der Waals surface area (Å²) in [5.41, 5.74) is 11.6. The van der Waals surface area contributed by atoms with Crippen molar-refractivity contribution in [2.75, 3.05) is 0 Å². The smallest absolute Gasteiger partial charge is 0.247 e. The minimum Gasteiger partial charge on any atom is -0.293 e. The standard InChI is InChI=1S/C29H19BN2/c1-16-15-24-28-26(17(16)2)31-29-21-11-5-9-19-13-14-23(27(25(19)21)32(28)29)30(24)22-12-6-8-18-7-3-4-10-20(18)22/h3-15H,1-2H3. The Morgan fingerprint density at radius 3 is 2.41 bits per heavy atom. The molecule has 0 fully saturated rings. The zero-order valence-electron chi connectivity index (χ0n) is 18.0. The van der Waals surface area contributed by atoms with E-state index in [1.807, 2.05) is 0 Å². The Morgan fingerprint density at radius 1 is 0.688 bits per heavy atom. The Morgan fingerprint density at radius 2 is 1.47 bits per heavy atom. The van der Waals surface area contributed by atoms with Gasteiger partial charge in [0.05, 0.1) is 16.6 Å². The van der Waals surface area contributed by atoms with Gasteiger partial charge in [0, 0.05) is 10.8 Å². The minimum atomic E-state index is 0.186. The van der Waals surface area contributed by atoms with Crippen molar-refractivity contribution in [3.05, 3.63) is 90.0 Å². The largest absolute Gasteiger partial charge is 0.293 e. The zero-order chi connectivity index (χ0) is 21.1. The molecule has 1 aliphatic rings. The lowest BCUT2D eigenvalue weighted by Gasteiger charge is -2.24. The van der Waals surface area contributed by atoms with Gasteiger partial charge in [-0.3, -0.25) is 4.40 Å². The first-order chi connectivity index (χ1) is 15.7. The molecule has 0 N–H and O–H groups in total. The van der Waals surface area contributed by atoms with Gasteiger partial charge in [-0.2, -0.15) is 0 Å². The fourth-order valence-electron chi connectivity index (χ4n) is 6.20. The van der Waals surface area contributed by atoms with E-state index < -0.39 is 0 Å². The molecule has 3 heteroatoms. The molecule has 0 aliphatic carbocycles. The van der Waals surface area contributed by atoms with E-state index in [2.05, 4.69) is 97.1 Å². The second kappa shape index (κ2) is 5.49. The number of aromatic nitrogens is 2. The Hall–Kier alpha value is -3.85. The average Bonchev–Trinajstić information content (AvgIpc) is 3.37. The minimum absolute atomic E-state index is 0.186. The number of fused-ring (bicyclic) bond motifs is 2. The van der Waals surface area contributed by atoms with Crippen LogP contribution in [0.4, 0.5) is 0 Å². The molecule has 0 spiro atoms. The quantitative estimate of drug-likeness (QED) is 0.357. The van der Waals surface area contributed by atoms with Crippen LogP contribution in [-0.4, -0.2) is 16.1 Å². The van der Waals surface area contributed by atoms with Gasteiger partial charge < -0.3 is 0 Å². The highest BCUT2D eigenvalue weighted by atomic mass is 15.0. The lowest BCUT2D eigenvalue weighted by Crippen LogP contribution is -2.55. The summed E-state index contributed by atoms with van der Waals surface area (Å²) in [4.78, 5) is 5.24. The van der Waals surface area contributed by atoms with Crippen LogP contribution in [0.15, 0.2) is 78.9 Å². The predicted molar refractivity (Wildman–Crippen MR) is 137 cm³/mol. The van der Waals surface area contributed by atoms with Crippen molar-refractivity contribution < 1.29 is 0 Å². The fraction of sp³-hybridized carbons (Fsp3) is 0.0690. The molecule has 0 radical (unpaired) electrons. The molecule has 148 valence electrons. The molecule has 2 nitrogen and oxygen atoms in total. The van der Waals surface area contributed by atoms with Crippen molar-refractivity contribution in [3.63, 3.8) is 0 Å². The van der Waals surface area contributed by atoms with Crippen LogP contribution < -0.4 is 16.4 Å². The molecule has 0 amide bonds. The summed E-state index contributed by atoms with van der Waals surface area (Å²) >= 11 is 0. The third-order valence-corrected chi connectivity index (χ3v) is 7.74. The third kappa shape index (κ3) is 1.79. The Bertz CT molecular complexity index is 1910. The van der Waals surface area contributed by atoms with Gasteiger partial charge in [0.15, 0.2) is 0 Å². The molecule has 3 heterocycles. The summed E-state index contributed by atoms with van der Waals surface area (Å²) in [6.45, 7) is 4.62. The first-order valence-corrected chi connectivity index (χ1v) is 11.3. The van der Waals surface area contributed by atoms with E-state index in [0.717, 1.165) is 11.2 Å². The molecule has 2 aromatic heterocycles. The molecule has 0 saturated heterocycles. The monoisotopic (exact) mass is 406 g/mol. The van der Waals surface area contributed by atoms with Gasteiger partial charge in [-0.05, 0) is 52.1 Å². The molecular weight excluding hydrogens is 387 g/mol. The Kier molecular flexibility index (Phi) is 2.88. The SMILES string of the molecule is Cc1cc2c3c(nc4c5cccc6ccc(c(c65)n43)B2c2cccc3ccccc23)c1C. The molecule has 8 rings (SSSR count). The first kappa shape index (κ1) is 16.8. The normalized spacial score (nSPS) is 13.2. The predicted octanol–water partition coefficient (Wildman–Crippen LogP) is 4.83. The van der Waals surface area contributed by atoms with Crippen LogP contribution in [0.25, 0.3) is 49.1 Å². The zero-order valence-corrected chi connectivity index (χ0v) is 18.0. The van der Waals surface area contributed by atoms with Crippen LogP contribution in [0.2, 0.25) is 0 Å². The molecule has 1 aliphatic heterocycles. The molecule has 0 atom stereocenters. The maximum atomic E-state index is 5.24. The van der Waals surface area contributed by atoms with Crippen molar-refractivity contribution in [2.45, 2.75) is 13.8 Å². The number of hydrogen-bond donors (Lipinski definition) is 0. The third-order valence-electron chi connectivity index (χ3n) is 7.74. The average molecular weight is 406 g/mol. The Balaban J connectivity index is 1.66. The van der Waals surface area contributed by atoms with E-state index in [0.29, 0.717) is 0 Å². The van der Waals surface area contributed by atoms with E-state index in [-0.39, 0.29) is 6.71 Å². The highest BCUT2D eigenvalue weighted by molar-refractivity contribution is 7.00. The molecule has 7 aromatic rings. The molecular formula is C29H19BN2. The van der Waals surface area contributed by atoms with Crippen LogP contribution >= 0.6 is 0 Å². The second-order valence-corrected chi connectivity index (χ2v) is 9.28. The van der Waals surface area contributed by atoms with E-state index in [9.17, 15) is 0 Å². The molecule has 32 heavy (non-hydrogen) atoms. The van der Waals surface area contributed by atoms with E-state index in [1.165, 1.54) is 65.5 Å². The van der Waals surface area contributed by atoms with Crippen molar-refractivity contribution in [2.24, 2.45) is 0 Å². The van der Waals surface area contributed by atoms with Crippen LogP contribution in [0.1, 0.15) is 11.1 Å². The summed E-state index contributed by atoms with van der Waals surface area (Å²) in [6, 6.07) is 29.2. The van der Waals surface area contributed by atoms with Gasteiger partial charge >= 0.3 is 0 Å². The topological polar surface area (TPSA) is 17.3 Å². The number of rotatable bonds is 1. The fourth-order valence-corrected chi connectivity index (χ4v) is 6.20. The number of imidazole rings is 1. The Labute approximate surface area is 185 Å². The van der Waals surface area contributed by atoms with Gasteiger partial charge in [0.2, 0.25) is 6.71 Å². The molecule has 0 unspecified atom stereocenters. The first-order valence-electron chi connectivity index (χ1n) is 11.3. The highest BCUT2D eigenvalue weighted by Gasteiger charge is 2.35. The van der Waals surface area contributed by atoms with Crippen molar-refractivity contribution in [1.82, 2.24) is 9.38 Å². The van der Waals surface area contributed by atoms with Crippen molar-refractivity contribution >= 4 is 72.2 Å². The summed E-state index contributed by atoms with van der Waals surface area (Å²) < 4.78 is 2.45. The van der Waals surface area contributed by atoms with Crippen molar-refractivity contribution in [1.29, 1.82) is 0 Å². The van der Waals surface area contributed by atoms with Crippen LogP contribution in [0.5, 0.6) is 0 Å². The van der Waals surface area contributed by atoms with Crippen molar-refractivity contribution in [3.8, 4) is 0 Å². The lowest BCUT2D eigenvalue weighted by molar-refractivity contribution is 1.34. The molecule has 5 aromatic carbocycles. The number of hydrogen-bond acceptors (Lipinski definition) is 1. The summed E-state index contributed by atoms with van der Waals surface area (Å²) in [6.07, 6.45) is 0. The van der Waals surface area contributed by atoms with Gasteiger partial charge in [0.25, 0.3) is 0 Å².